The standard InChI is InChI=1S/C12H10BrFN2O/c13-9-4-10(6-16-5-9)17-7-8-2-1-3-11(15)12(8)14/h1-6H,7,15H2. The lowest BCUT2D eigenvalue weighted by Gasteiger charge is -2.08. The molecule has 2 aromatic rings. The van der Waals surface area contributed by atoms with Crippen LogP contribution in [0.1, 0.15) is 5.56 Å². The SMILES string of the molecule is Nc1cccc(COc2cncc(Br)c2)c1F. The minimum Gasteiger partial charge on any atom is -0.487 e. The van der Waals surface area contributed by atoms with Gasteiger partial charge in [-0.2, -0.15) is 0 Å². The van der Waals surface area contributed by atoms with Gasteiger partial charge in [0.2, 0.25) is 0 Å². The summed E-state index contributed by atoms with van der Waals surface area (Å²) in [5.41, 5.74) is 6.01. The molecule has 0 bridgehead atoms. The third-order valence-corrected chi connectivity index (χ3v) is 2.62. The summed E-state index contributed by atoms with van der Waals surface area (Å²) < 4.78 is 19.8. The van der Waals surface area contributed by atoms with Crippen molar-refractivity contribution in [3.05, 3.63) is 52.5 Å². The number of nitrogens with zero attached hydrogens (tertiary/aromatic N) is 1. The number of halogens is 2. The molecule has 1 aromatic carbocycles. The Hall–Kier alpha value is -1.62. The van der Waals surface area contributed by atoms with Crippen LogP contribution in [0.15, 0.2) is 41.1 Å². The molecule has 0 saturated heterocycles. The monoisotopic (exact) mass is 296 g/mol. The zero-order valence-corrected chi connectivity index (χ0v) is 10.4. The largest absolute Gasteiger partial charge is 0.487 e. The summed E-state index contributed by atoms with van der Waals surface area (Å²) in [6.07, 6.45) is 3.21. The van der Waals surface area contributed by atoms with E-state index in [9.17, 15) is 4.39 Å². The van der Waals surface area contributed by atoms with Gasteiger partial charge in [-0.15, -0.1) is 0 Å². The van der Waals surface area contributed by atoms with Crippen LogP contribution < -0.4 is 10.5 Å². The van der Waals surface area contributed by atoms with Gasteiger partial charge in [-0.25, -0.2) is 4.39 Å². The van der Waals surface area contributed by atoms with Crippen LogP contribution in [0.2, 0.25) is 0 Å². The number of ether oxygens (including phenoxy) is 1. The van der Waals surface area contributed by atoms with Gasteiger partial charge in [-0.1, -0.05) is 12.1 Å². The van der Waals surface area contributed by atoms with Gasteiger partial charge in [0, 0.05) is 16.2 Å². The van der Waals surface area contributed by atoms with Crippen molar-refractivity contribution in [2.45, 2.75) is 6.61 Å². The van der Waals surface area contributed by atoms with Gasteiger partial charge >= 0.3 is 0 Å². The molecule has 0 amide bonds. The van der Waals surface area contributed by atoms with E-state index in [1.165, 1.54) is 6.07 Å². The summed E-state index contributed by atoms with van der Waals surface area (Å²) in [5.74, 6) is 0.136. The lowest BCUT2D eigenvalue weighted by Crippen LogP contribution is -2.01. The van der Waals surface area contributed by atoms with E-state index in [4.69, 9.17) is 10.5 Å². The van der Waals surface area contributed by atoms with Crippen molar-refractivity contribution >= 4 is 21.6 Å². The first-order valence-electron chi connectivity index (χ1n) is 4.93. The van der Waals surface area contributed by atoms with Crippen LogP contribution in [0.4, 0.5) is 10.1 Å². The quantitative estimate of drug-likeness (QED) is 0.885. The highest BCUT2D eigenvalue weighted by Gasteiger charge is 2.06. The number of benzene rings is 1. The minimum atomic E-state index is -0.435. The number of nitrogens with two attached hydrogens (primary N) is 1. The molecule has 1 aromatic heterocycles. The van der Waals surface area contributed by atoms with E-state index in [0.717, 1.165) is 4.47 Å². The Labute approximate surface area is 107 Å². The molecule has 0 atom stereocenters. The number of hydrogen-bond donors (Lipinski definition) is 1. The smallest absolute Gasteiger partial charge is 0.152 e. The molecular weight excluding hydrogens is 287 g/mol. The van der Waals surface area contributed by atoms with Crippen molar-refractivity contribution in [2.24, 2.45) is 0 Å². The Morgan fingerprint density at radius 1 is 1.35 bits per heavy atom. The first-order valence-corrected chi connectivity index (χ1v) is 5.72. The third-order valence-electron chi connectivity index (χ3n) is 2.18. The molecule has 0 unspecified atom stereocenters. The predicted octanol–water partition coefficient (Wildman–Crippen LogP) is 3.14. The second-order valence-electron chi connectivity index (χ2n) is 3.45. The fourth-order valence-corrected chi connectivity index (χ4v) is 1.69. The Morgan fingerprint density at radius 2 is 2.18 bits per heavy atom. The fourth-order valence-electron chi connectivity index (χ4n) is 1.34. The van der Waals surface area contributed by atoms with E-state index < -0.39 is 5.82 Å². The van der Waals surface area contributed by atoms with E-state index in [-0.39, 0.29) is 12.3 Å². The van der Waals surface area contributed by atoms with Crippen LogP contribution in [0.3, 0.4) is 0 Å². The Balaban J connectivity index is 2.10. The third kappa shape index (κ3) is 2.94. The van der Waals surface area contributed by atoms with Gasteiger partial charge in [-0.3, -0.25) is 4.98 Å². The van der Waals surface area contributed by atoms with Gasteiger partial charge in [0.1, 0.15) is 12.4 Å². The molecule has 0 radical (unpaired) electrons. The predicted molar refractivity (Wildman–Crippen MR) is 67.1 cm³/mol. The van der Waals surface area contributed by atoms with E-state index in [0.29, 0.717) is 11.3 Å². The molecule has 0 fully saturated rings. The van der Waals surface area contributed by atoms with Crippen molar-refractivity contribution in [2.75, 3.05) is 5.73 Å². The summed E-state index contributed by atoms with van der Waals surface area (Å²) in [6, 6.07) is 6.60. The van der Waals surface area contributed by atoms with Gasteiger partial charge in [0.25, 0.3) is 0 Å². The first-order chi connectivity index (χ1) is 8.16. The number of rotatable bonds is 3. The van der Waals surface area contributed by atoms with Gasteiger partial charge in [0.15, 0.2) is 5.82 Å². The highest BCUT2D eigenvalue weighted by Crippen LogP contribution is 2.19. The van der Waals surface area contributed by atoms with Gasteiger partial charge < -0.3 is 10.5 Å². The number of hydrogen-bond acceptors (Lipinski definition) is 3. The van der Waals surface area contributed by atoms with Crippen molar-refractivity contribution in [3.8, 4) is 5.75 Å². The maximum Gasteiger partial charge on any atom is 0.152 e. The summed E-state index contributed by atoms with van der Waals surface area (Å²) in [6.45, 7) is 0.120. The van der Waals surface area contributed by atoms with Crippen LogP contribution in [0.25, 0.3) is 0 Å². The molecule has 88 valence electrons. The van der Waals surface area contributed by atoms with Crippen molar-refractivity contribution in [1.82, 2.24) is 4.98 Å². The highest BCUT2D eigenvalue weighted by molar-refractivity contribution is 9.10. The Kier molecular flexibility index (Phi) is 3.58. The highest BCUT2D eigenvalue weighted by atomic mass is 79.9. The Morgan fingerprint density at radius 3 is 2.94 bits per heavy atom. The molecule has 1 heterocycles. The lowest BCUT2D eigenvalue weighted by molar-refractivity contribution is 0.298. The molecule has 0 aliphatic rings. The molecule has 2 rings (SSSR count). The lowest BCUT2D eigenvalue weighted by atomic mass is 10.2. The second kappa shape index (κ2) is 5.14. The van der Waals surface area contributed by atoms with Crippen molar-refractivity contribution in [3.63, 3.8) is 0 Å². The maximum absolute atomic E-state index is 13.6. The van der Waals surface area contributed by atoms with Crippen LogP contribution in [0.5, 0.6) is 5.75 Å². The molecule has 0 spiro atoms. The normalized spacial score (nSPS) is 10.2. The van der Waals surface area contributed by atoms with Crippen LogP contribution in [0, 0.1) is 5.82 Å². The summed E-state index contributed by atoms with van der Waals surface area (Å²) >= 11 is 3.28. The zero-order valence-electron chi connectivity index (χ0n) is 8.86. The zero-order chi connectivity index (χ0) is 12.3. The number of anilines is 1. The summed E-state index contributed by atoms with van der Waals surface area (Å²) in [7, 11) is 0. The maximum atomic E-state index is 13.6. The molecule has 0 aliphatic carbocycles. The van der Waals surface area contributed by atoms with E-state index in [2.05, 4.69) is 20.9 Å². The minimum absolute atomic E-state index is 0.120. The molecule has 0 saturated carbocycles. The molecule has 3 nitrogen and oxygen atoms in total. The summed E-state index contributed by atoms with van der Waals surface area (Å²) in [5, 5.41) is 0. The van der Waals surface area contributed by atoms with E-state index in [1.54, 1.807) is 30.6 Å². The molecule has 17 heavy (non-hydrogen) atoms. The van der Waals surface area contributed by atoms with E-state index in [1.807, 2.05) is 0 Å². The van der Waals surface area contributed by atoms with E-state index >= 15 is 0 Å². The average Bonchev–Trinajstić information content (AvgIpc) is 2.31. The van der Waals surface area contributed by atoms with Crippen molar-refractivity contribution in [1.29, 1.82) is 0 Å². The Bertz CT molecular complexity index is 534. The molecule has 5 heteroatoms. The first kappa shape index (κ1) is 11.9. The van der Waals surface area contributed by atoms with Crippen LogP contribution in [-0.2, 0) is 6.61 Å². The van der Waals surface area contributed by atoms with Crippen LogP contribution in [-0.4, -0.2) is 4.98 Å². The number of pyridine rings is 1. The average molecular weight is 297 g/mol. The number of aromatic nitrogens is 1. The summed E-state index contributed by atoms with van der Waals surface area (Å²) in [4.78, 5) is 3.95. The van der Waals surface area contributed by atoms with Crippen molar-refractivity contribution < 1.29 is 9.13 Å². The fraction of sp³-hybridized carbons (Fsp3) is 0.0833. The molecule has 2 N–H and O–H groups in total. The van der Waals surface area contributed by atoms with Gasteiger partial charge in [-0.05, 0) is 28.1 Å². The molecular formula is C12H10BrFN2O. The van der Waals surface area contributed by atoms with Gasteiger partial charge in [0.05, 0.1) is 11.9 Å². The number of nitrogen functional groups attached to an aromatic ring is 1. The topological polar surface area (TPSA) is 48.1 Å². The second-order valence-corrected chi connectivity index (χ2v) is 4.36. The molecule has 0 aliphatic heterocycles. The van der Waals surface area contributed by atoms with Crippen LogP contribution >= 0.6 is 15.9 Å².